The summed E-state index contributed by atoms with van der Waals surface area (Å²) in [5.74, 6) is -0.100. The number of aromatic hydroxyl groups is 1. The van der Waals surface area contributed by atoms with Crippen molar-refractivity contribution in [1.82, 2.24) is 4.98 Å². The lowest BCUT2D eigenvalue weighted by molar-refractivity contribution is 0.411. The summed E-state index contributed by atoms with van der Waals surface area (Å²) in [6.45, 7) is 0. The molecule has 1 aromatic heterocycles. The first-order chi connectivity index (χ1) is 7.72. The van der Waals surface area contributed by atoms with Crippen molar-refractivity contribution in [2.24, 2.45) is 0 Å². The zero-order valence-corrected chi connectivity index (χ0v) is 8.64. The number of methoxy groups -OCH3 is 1. The van der Waals surface area contributed by atoms with Crippen molar-refractivity contribution in [3.05, 3.63) is 42.3 Å². The smallest absolute Gasteiger partial charge is 0.141 e. The predicted molar refractivity (Wildman–Crippen MR) is 57.8 cm³/mol. The van der Waals surface area contributed by atoms with Gasteiger partial charge in [0.15, 0.2) is 0 Å². The van der Waals surface area contributed by atoms with Crippen LogP contribution in [0.15, 0.2) is 36.5 Å². The van der Waals surface area contributed by atoms with Gasteiger partial charge in [-0.15, -0.1) is 0 Å². The first-order valence-corrected chi connectivity index (χ1v) is 4.70. The van der Waals surface area contributed by atoms with E-state index >= 15 is 0 Å². The fourth-order valence-electron chi connectivity index (χ4n) is 1.42. The fourth-order valence-corrected chi connectivity index (χ4v) is 1.42. The standard InChI is InChI=1S/C12H10FNO2/c1-16-8-4-5-9(10(13)7-8)12-11(15)3-2-6-14-12/h2-7,15H,1H3. The molecule has 82 valence electrons. The monoisotopic (exact) mass is 219 g/mol. The van der Waals surface area contributed by atoms with Crippen LogP contribution >= 0.6 is 0 Å². The van der Waals surface area contributed by atoms with Crippen LogP contribution in [0.5, 0.6) is 11.5 Å². The minimum atomic E-state index is -0.478. The number of rotatable bonds is 2. The van der Waals surface area contributed by atoms with Gasteiger partial charge in [0.2, 0.25) is 0 Å². The molecular formula is C12H10FNO2. The zero-order chi connectivity index (χ0) is 11.5. The molecule has 3 nitrogen and oxygen atoms in total. The van der Waals surface area contributed by atoms with Gasteiger partial charge >= 0.3 is 0 Å². The highest BCUT2D eigenvalue weighted by atomic mass is 19.1. The number of nitrogens with zero attached hydrogens (tertiary/aromatic N) is 1. The molecule has 0 radical (unpaired) electrons. The first kappa shape index (κ1) is 10.4. The molecular weight excluding hydrogens is 209 g/mol. The Morgan fingerprint density at radius 1 is 1.31 bits per heavy atom. The van der Waals surface area contributed by atoms with Gasteiger partial charge in [-0.1, -0.05) is 0 Å². The van der Waals surface area contributed by atoms with Crippen LogP contribution in [0.1, 0.15) is 0 Å². The van der Waals surface area contributed by atoms with Crippen LogP contribution in [0.2, 0.25) is 0 Å². The fraction of sp³-hybridized carbons (Fsp3) is 0.0833. The van der Waals surface area contributed by atoms with E-state index in [0.29, 0.717) is 5.75 Å². The highest BCUT2D eigenvalue weighted by Crippen LogP contribution is 2.30. The average molecular weight is 219 g/mol. The molecule has 0 saturated heterocycles. The largest absolute Gasteiger partial charge is 0.506 e. The van der Waals surface area contributed by atoms with Crippen molar-refractivity contribution in [3.8, 4) is 22.8 Å². The summed E-state index contributed by atoms with van der Waals surface area (Å²) in [4.78, 5) is 3.93. The first-order valence-electron chi connectivity index (χ1n) is 4.70. The van der Waals surface area contributed by atoms with Gasteiger partial charge in [0.1, 0.15) is 23.0 Å². The predicted octanol–water partition coefficient (Wildman–Crippen LogP) is 2.60. The van der Waals surface area contributed by atoms with Crippen molar-refractivity contribution in [1.29, 1.82) is 0 Å². The molecule has 0 atom stereocenters. The third-order valence-electron chi connectivity index (χ3n) is 2.22. The molecule has 0 spiro atoms. The highest BCUT2D eigenvalue weighted by molar-refractivity contribution is 5.66. The maximum Gasteiger partial charge on any atom is 0.141 e. The van der Waals surface area contributed by atoms with Gasteiger partial charge in [0, 0.05) is 17.8 Å². The van der Waals surface area contributed by atoms with Crippen LogP contribution in [0, 0.1) is 5.82 Å². The number of hydrogen-bond donors (Lipinski definition) is 1. The van der Waals surface area contributed by atoms with Crippen LogP contribution in [-0.4, -0.2) is 17.2 Å². The molecule has 0 saturated carbocycles. The summed E-state index contributed by atoms with van der Waals surface area (Å²) in [7, 11) is 1.46. The molecule has 0 amide bonds. The van der Waals surface area contributed by atoms with Gasteiger partial charge in [0.05, 0.1) is 7.11 Å². The molecule has 4 heteroatoms. The van der Waals surface area contributed by atoms with E-state index in [4.69, 9.17) is 4.74 Å². The Morgan fingerprint density at radius 2 is 2.12 bits per heavy atom. The molecule has 2 rings (SSSR count). The Bertz CT molecular complexity index is 514. The average Bonchev–Trinajstić information content (AvgIpc) is 2.30. The van der Waals surface area contributed by atoms with Crippen molar-refractivity contribution < 1.29 is 14.2 Å². The molecule has 0 bridgehead atoms. The second-order valence-electron chi connectivity index (χ2n) is 3.22. The Balaban J connectivity index is 2.53. The summed E-state index contributed by atoms with van der Waals surface area (Å²) in [6, 6.07) is 7.44. The Kier molecular flexibility index (Phi) is 2.72. The molecule has 2 aromatic rings. The van der Waals surface area contributed by atoms with Crippen molar-refractivity contribution >= 4 is 0 Å². The lowest BCUT2D eigenvalue weighted by atomic mass is 10.1. The molecule has 0 aliphatic carbocycles. The van der Waals surface area contributed by atoms with E-state index in [1.165, 1.54) is 31.5 Å². The molecule has 0 fully saturated rings. The molecule has 1 N–H and O–H groups in total. The number of benzene rings is 1. The summed E-state index contributed by atoms with van der Waals surface area (Å²) >= 11 is 0. The van der Waals surface area contributed by atoms with Crippen LogP contribution in [0.3, 0.4) is 0 Å². The zero-order valence-electron chi connectivity index (χ0n) is 8.64. The molecule has 0 aliphatic rings. The van der Waals surface area contributed by atoms with E-state index in [1.807, 2.05) is 0 Å². The van der Waals surface area contributed by atoms with E-state index in [9.17, 15) is 9.50 Å². The lowest BCUT2D eigenvalue weighted by Crippen LogP contribution is -1.90. The van der Waals surface area contributed by atoms with Crippen LogP contribution in [-0.2, 0) is 0 Å². The molecule has 1 heterocycles. The van der Waals surface area contributed by atoms with Gasteiger partial charge in [-0.3, -0.25) is 4.98 Å². The Labute approximate surface area is 92.1 Å². The summed E-state index contributed by atoms with van der Waals surface area (Å²) in [6.07, 6.45) is 1.50. The Hall–Kier alpha value is -2.10. The minimum absolute atomic E-state index is 0.0495. The van der Waals surface area contributed by atoms with E-state index < -0.39 is 5.82 Å². The number of hydrogen-bond acceptors (Lipinski definition) is 3. The lowest BCUT2D eigenvalue weighted by Gasteiger charge is -2.06. The van der Waals surface area contributed by atoms with Crippen molar-refractivity contribution in [2.45, 2.75) is 0 Å². The summed E-state index contributed by atoms with van der Waals surface area (Å²) < 4.78 is 18.6. The molecule has 1 aromatic carbocycles. The van der Waals surface area contributed by atoms with Crippen LogP contribution < -0.4 is 4.74 Å². The second-order valence-corrected chi connectivity index (χ2v) is 3.22. The minimum Gasteiger partial charge on any atom is -0.506 e. The van der Waals surface area contributed by atoms with Gasteiger partial charge in [-0.25, -0.2) is 4.39 Å². The quantitative estimate of drug-likeness (QED) is 0.844. The van der Waals surface area contributed by atoms with E-state index in [1.54, 1.807) is 12.1 Å². The summed E-state index contributed by atoms with van der Waals surface area (Å²) in [5.41, 5.74) is 0.474. The van der Waals surface area contributed by atoms with Gasteiger partial charge in [-0.05, 0) is 24.3 Å². The van der Waals surface area contributed by atoms with Gasteiger partial charge in [0.25, 0.3) is 0 Å². The SMILES string of the molecule is COc1ccc(-c2ncccc2O)c(F)c1. The third kappa shape index (κ3) is 1.82. The molecule has 0 aliphatic heterocycles. The maximum absolute atomic E-state index is 13.7. The number of pyridine rings is 1. The molecule has 0 unspecified atom stereocenters. The number of aromatic nitrogens is 1. The van der Waals surface area contributed by atoms with E-state index in [2.05, 4.69) is 4.98 Å². The van der Waals surface area contributed by atoms with E-state index in [0.717, 1.165) is 0 Å². The number of halogens is 1. The van der Waals surface area contributed by atoms with Gasteiger partial charge < -0.3 is 9.84 Å². The maximum atomic E-state index is 13.7. The van der Waals surface area contributed by atoms with Crippen molar-refractivity contribution in [3.63, 3.8) is 0 Å². The van der Waals surface area contributed by atoms with Crippen LogP contribution in [0.25, 0.3) is 11.3 Å². The third-order valence-corrected chi connectivity index (χ3v) is 2.22. The number of ether oxygens (including phenoxy) is 1. The highest BCUT2D eigenvalue weighted by Gasteiger charge is 2.11. The molecule has 16 heavy (non-hydrogen) atoms. The Morgan fingerprint density at radius 3 is 2.75 bits per heavy atom. The second kappa shape index (κ2) is 4.18. The topological polar surface area (TPSA) is 42.4 Å². The van der Waals surface area contributed by atoms with Crippen molar-refractivity contribution in [2.75, 3.05) is 7.11 Å². The van der Waals surface area contributed by atoms with E-state index in [-0.39, 0.29) is 17.0 Å². The van der Waals surface area contributed by atoms with Crippen LogP contribution in [0.4, 0.5) is 4.39 Å². The normalized spacial score (nSPS) is 10.1. The van der Waals surface area contributed by atoms with Gasteiger partial charge in [-0.2, -0.15) is 0 Å². The summed E-state index contributed by atoms with van der Waals surface area (Å²) in [5, 5.41) is 9.55.